The van der Waals surface area contributed by atoms with E-state index in [1.807, 2.05) is 26.1 Å². The molecular weight excluding hydrogens is 224 g/mol. The molecule has 0 amide bonds. The van der Waals surface area contributed by atoms with E-state index in [0.717, 1.165) is 11.3 Å². The molecule has 18 heavy (non-hydrogen) atoms. The number of pyridine rings is 1. The number of hydrogen-bond donors (Lipinski definition) is 1. The van der Waals surface area contributed by atoms with Crippen LogP contribution in [0.3, 0.4) is 0 Å². The van der Waals surface area contributed by atoms with Gasteiger partial charge in [0.05, 0.1) is 12.3 Å². The fraction of sp³-hybridized carbons (Fsp3) is 0.667. The van der Waals surface area contributed by atoms with Crippen LogP contribution in [0.1, 0.15) is 58.1 Å². The molecule has 1 heterocycles. The van der Waals surface area contributed by atoms with E-state index in [4.69, 9.17) is 10.5 Å². The Morgan fingerprint density at radius 2 is 1.94 bits per heavy atom. The first-order valence-corrected chi connectivity index (χ1v) is 6.88. The fourth-order valence-electron chi connectivity index (χ4n) is 2.84. The number of aromatic nitrogens is 1. The van der Waals surface area contributed by atoms with E-state index in [2.05, 4.69) is 11.9 Å². The van der Waals surface area contributed by atoms with Gasteiger partial charge < -0.3 is 10.5 Å². The minimum absolute atomic E-state index is 0.0585. The van der Waals surface area contributed by atoms with Crippen LogP contribution in [0.2, 0.25) is 0 Å². The highest BCUT2D eigenvalue weighted by Crippen LogP contribution is 2.46. The van der Waals surface area contributed by atoms with Crippen molar-refractivity contribution in [3.63, 3.8) is 0 Å². The van der Waals surface area contributed by atoms with Gasteiger partial charge in [0.1, 0.15) is 5.75 Å². The molecule has 1 fully saturated rings. The Labute approximate surface area is 110 Å². The van der Waals surface area contributed by atoms with Crippen LogP contribution >= 0.6 is 0 Å². The summed E-state index contributed by atoms with van der Waals surface area (Å²) in [6.07, 6.45) is 8.81. The van der Waals surface area contributed by atoms with Crippen molar-refractivity contribution < 1.29 is 4.74 Å². The maximum Gasteiger partial charge on any atom is 0.138 e. The predicted molar refractivity (Wildman–Crippen MR) is 73.5 cm³/mol. The monoisotopic (exact) mass is 248 g/mol. The van der Waals surface area contributed by atoms with E-state index in [-0.39, 0.29) is 17.6 Å². The second-order valence-corrected chi connectivity index (χ2v) is 5.96. The first-order valence-electron chi connectivity index (χ1n) is 6.88. The van der Waals surface area contributed by atoms with Crippen molar-refractivity contribution in [2.75, 3.05) is 0 Å². The highest BCUT2D eigenvalue weighted by Gasteiger charge is 2.35. The number of rotatable bonds is 4. The van der Waals surface area contributed by atoms with Crippen LogP contribution < -0.4 is 10.5 Å². The average Bonchev–Trinajstić information content (AvgIpc) is 2.76. The van der Waals surface area contributed by atoms with Crippen molar-refractivity contribution in [3.8, 4) is 5.75 Å². The lowest BCUT2D eigenvalue weighted by molar-refractivity contribution is 0.238. The third kappa shape index (κ3) is 2.83. The number of hydrogen-bond acceptors (Lipinski definition) is 3. The van der Waals surface area contributed by atoms with Crippen molar-refractivity contribution in [2.45, 2.75) is 58.6 Å². The lowest BCUT2D eigenvalue weighted by atomic mass is 9.78. The van der Waals surface area contributed by atoms with Gasteiger partial charge in [-0.2, -0.15) is 0 Å². The molecule has 1 aromatic rings. The zero-order valence-electron chi connectivity index (χ0n) is 11.6. The Hall–Kier alpha value is -1.09. The summed E-state index contributed by atoms with van der Waals surface area (Å²) in [7, 11) is 0. The van der Waals surface area contributed by atoms with Crippen molar-refractivity contribution in [1.82, 2.24) is 4.98 Å². The molecular formula is C15H24N2O. The summed E-state index contributed by atoms with van der Waals surface area (Å²) in [4.78, 5) is 4.26. The van der Waals surface area contributed by atoms with Crippen molar-refractivity contribution in [1.29, 1.82) is 0 Å². The molecule has 0 aromatic carbocycles. The molecule has 2 rings (SSSR count). The van der Waals surface area contributed by atoms with Gasteiger partial charge in [-0.15, -0.1) is 0 Å². The Kier molecular flexibility index (Phi) is 3.91. The van der Waals surface area contributed by atoms with Crippen LogP contribution in [0.4, 0.5) is 0 Å². The topological polar surface area (TPSA) is 48.1 Å². The standard InChI is InChI=1S/C15H24N2O/c1-11(2)18-13-8-12(9-17-10-13)14(16)15(3)6-4-5-7-15/h8-11,14H,4-7,16H2,1-3H3. The lowest BCUT2D eigenvalue weighted by Crippen LogP contribution is -2.29. The molecule has 1 aliphatic rings. The van der Waals surface area contributed by atoms with Crippen molar-refractivity contribution in [2.24, 2.45) is 11.1 Å². The summed E-state index contributed by atoms with van der Waals surface area (Å²) in [6, 6.07) is 2.10. The molecule has 1 unspecified atom stereocenters. The van der Waals surface area contributed by atoms with Gasteiger partial charge >= 0.3 is 0 Å². The Morgan fingerprint density at radius 1 is 1.28 bits per heavy atom. The first kappa shape index (κ1) is 13.3. The summed E-state index contributed by atoms with van der Waals surface area (Å²) in [5.41, 5.74) is 7.75. The second-order valence-electron chi connectivity index (χ2n) is 5.96. The van der Waals surface area contributed by atoms with E-state index in [9.17, 15) is 0 Å². The molecule has 1 aliphatic carbocycles. The average molecular weight is 248 g/mol. The van der Waals surface area contributed by atoms with Gasteiger partial charge in [-0.05, 0) is 43.7 Å². The summed E-state index contributed by atoms with van der Waals surface area (Å²) in [6.45, 7) is 6.33. The van der Waals surface area contributed by atoms with Crippen molar-refractivity contribution >= 4 is 0 Å². The third-order valence-corrected chi connectivity index (χ3v) is 3.96. The van der Waals surface area contributed by atoms with Gasteiger partial charge in [0.2, 0.25) is 0 Å². The largest absolute Gasteiger partial charge is 0.489 e. The SMILES string of the molecule is CC(C)Oc1cncc(C(N)C2(C)CCCC2)c1. The minimum atomic E-state index is 0.0585. The molecule has 0 radical (unpaired) electrons. The number of nitrogens with two attached hydrogens (primary N) is 1. The Morgan fingerprint density at radius 3 is 2.56 bits per heavy atom. The number of ether oxygens (including phenoxy) is 1. The summed E-state index contributed by atoms with van der Waals surface area (Å²) in [5, 5.41) is 0. The van der Waals surface area contributed by atoms with Crippen molar-refractivity contribution in [3.05, 3.63) is 24.0 Å². The van der Waals surface area contributed by atoms with Crippen LogP contribution in [-0.2, 0) is 0 Å². The van der Waals surface area contributed by atoms with Crippen LogP contribution in [0.15, 0.2) is 18.5 Å². The summed E-state index contributed by atoms with van der Waals surface area (Å²) < 4.78 is 5.68. The molecule has 2 N–H and O–H groups in total. The first-order chi connectivity index (χ1) is 8.51. The molecule has 0 aliphatic heterocycles. The van der Waals surface area contributed by atoms with Crippen LogP contribution in [0.5, 0.6) is 5.75 Å². The van der Waals surface area contributed by atoms with E-state index in [1.54, 1.807) is 6.20 Å². The van der Waals surface area contributed by atoms with E-state index in [1.165, 1.54) is 25.7 Å². The molecule has 0 spiro atoms. The van der Waals surface area contributed by atoms with E-state index < -0.39 is 0 Å². The Balaban J connectivity index is 2.17. The number of nitrogens with zero attached hydrogens (tertiary/aromatic N) is 1. The predicted octanol–water partition coefficient (Wildman–Crippen LogP) is 3.45. The fourth-order valence-corrected chi connectivity index (χ4v) is 2.84. The van der Waals surface area contributed by atoms with Crippen LogP contribution in [-0.4, -0.2) is 11.1 Å². The highest BCUT2D eigenvalue weighted by molar-refractivity contribution is 5.27. The van der Waals surface area contributed by atoms with E-state index in [0.29, 0.717) is 0 Å². The van der Waals surface area contributed by atoms with E-state index >= 15 is 0 Å². The molecule has 0 bridgehead atoms. The van der Waals surface area contributed by atoms with Crippen LogP contribution in [0, 0.1) is 5.41 Å². The quantitative estimate of drug-likeness (QED) is 0.887. The molecule has 1 aromatic heterocycles. The molecule has 0 saturated heterocycles. The summed E-state index contributed by atoms with van der Waals surface area (Å²) in [5.74, 6) is 0.819. The molecule has 1 atom stereocenters. The maximum absolute atomic E-state index is 6.44. The summed E-state index contributed by atoms with van der Waals surface area (Å²) >= 11 is 0. The maximum atomic E-state index is 6.44. The third-order valence-electron chi connectivity index (χ3n) is 3.96. The van der Waals surface area contributed by atoms with Gasteiger partial charge in [-0.3, -0.25) is 4.98 Å². The minimum Gasteiger partial charge on any atom is -0.489 e. The van der Waals surface area contributed by atoms with Gasteiger partial charge in [-0.25, -0.2) is 0 Å². The smallest absolute Gasteiger partial charge is 0.138 e. The molecule has 100 valence electrons. The molecule has 3 heteroatoms. The zero-order chi connectivity index (χ0) is 13.2. The normalized spacial score (nSPS) is 20.1. The van der Waals surface area contributed by atoms with Gasteiger partial charge in [-0.1, -0.05) is 19.8 Å². The molecule has 1 saturated carbocycles. The zero-order valence-corrected chi connectivity index (χ0v) is 11.6. The van der Waals surface area contributed by atoms with Crippen LogP contribution in [0.25, 0.3) is 0 Å². The van der Waals surface area contributed by atoms with Gasteiger partial charge in [0.15, 0.2) is 0 Å². The highest BCUT2D eigenvalue weighted by atomic mass is 16.5. The van der Waals surface area contributed by atoms with Gasteiger partial charge in [0.25, 0.3) is 0 Å². The molecule has 3 nitrogen and oxygen atoms in total. The second kappa shape index (κ2) is 5.27. The Bertz CT molecular complexity index is 397. The lowest BCUT2D eigenvalue weighted by Gasteiger charge is -2.31. The van der Waals surface area contributed by atoms with Gasteiger partial charge in [0, 0.05) is 12.2 Å².